The summed E-state index contributed by atoms with van der Waals surface area (Å²) in [7, 11) is -4.33. The van der Waals surface area contributed by atoms with E-state index in [0.717, 1.165) is 25.7 Å². The molecule has 0 saturated heterocycles. The van der Waals surface area contributed by atoms with Gasteiger partial charge in [0.05, 0.1) is 6.61 Å². The largest absolute Gasteiger partial charge is 0.397 e. The molecule has 0 aliphatic rings. The summed E-state index contributed by atoms with van der Waals surface area (Å²) in [5.74, 6) is 0.238. The Hall–Kier alpha value is -0.130. The standard InChI is InChI=1S/C34H70O4S/c1-3-5-7-9-11-13-14-15-16-17-18-19-20-21-22-23-24-26-28-30-32-34(33-38-39(35,36)37)31-29-27-25-12-10-8-6-4-2/h34H,3-33H2,1-2H3,(H,35,36,37). The van der Waals surface area contributed by atoms with Crippen molar-refractivity contribution in [3.63, 3.8) is 0 Å². The number of hydrogen-bond donors (Lipinski definition) is 1. The van der Waals surface area contributed by atoms with Crippen molar-refractivity contribution in [1.29, 1.82) is 0 Å². The average molecular weight is 575 g/mol. The molecule has 1 atom stereocenters. The van der Waals surface area contributed by atoms with Gasteiger partial charge in [0, 0.05) is 0 Å². The molecular formula is C34H70O4S. The fourth-order valence-electron chi connectivity index (χ4n) is 5.75. The molecule has 236 valence electrons. The summed E-state index contributed by atoms with van der Waals surface area (Å²) in [4.78, 5) is 0. The van der Waals surface area contributed by atoms with Crippen LogP contribution in [0.25, 0.3) is 0 Å². The number of unbranched alkanes of at least 4 members (excludes halogenated alkanes) is 26. The van der Waals surface area contributed by atoms with Crippen LogP contribution in [0.4, 0.5) is 0 Å². The van der Waals surface area contributed by atoms with Gasteiger partial charge in [-0.1, -0.05) is 194 Å². The van der Waals surface area contributed by atoms with Crippen LogP contribution in [-0.2, 0) is 14.6 Å². The highest BCUT2D eigenvalue weighted by Gasteiger charge is 2.13. The molecular weight excluding hydrogens is 504 g/mol. The zero-order chi connectivity index (χ0) is 28.7. The Morgan fingerprint density at radius 3 is 0.897 bits per heavy atom. The Balaban J connectivity index is 3.56. The molecule has 0 heterocycles. The van der Waals surface area contributed by atoms with Gasteiger partial charge in [-0.2, -0.15) is 8.42 Å². The molecule has 0 aromatic carbocycles. The number of rotatable bonds is 33. The summed E-state index contributed by atoms with van der Waals surface area (Å²) in [5, 5.41) is 0. The third kappa shape index (κ3) is 34.0. The molecule has 0 radical (unpaired) electrons. The Labute approximate surface area is 246 Å². The van der Waals surface area contributed by atoms with Crippen molar-refractivity contribution in [3.8, 4) is 0 Å². The molecule has 0 aliphatic heterocycles. The van der Waals surface area contributed by atoms with Crippen molar-refractivity contribution < 1.29 is 17.2 Å². The minimum absolute atomic E-state index is 0.133. The van der Waals surface area contributed by atoms with Gasteiger partial charge in [0.25, 0.3) is 0 Å². The van der Waals surface area contributed by atoms with E-state index in [4.69, 9.17) is 8.74 Å². The van der Waals surface area contributed by atoms with Crippen LogP contribution in [0.15, 0.2) is 0 Å². The second-order valence-electron chi connectivity index (χ2n) is 12.3. The molecule has 0 fully saturated rings. The molecule has 39 heavy (non-hydrogen) atoms. The predicted molar refractivity (Wildman–Crippen MR) is 171 cm³/mol. The van der Waals surface area contributed by atoms with E-state index >= 15 is 0 Å². The molecule has 1 N–H and O–H groups in total. The third-order valence-electron chi connectivity index (χ3n) is 8.38. The molecule has 0 rings (SSSR count). The Kier molecular flexibility index (Phi) is 30.7. The first-order valence-corrected chi connectivity index (χ1v) is 19.0. The molecule has 0 aromatic rings. The highest BCUT2D eigenvalue weighted by Crippen LogP contribution is 2.21. The summed E-state index contributed by atoms with van der Waals surface area (Å²) >= 11 is 0. The highest BCUT2D eigenvalue weighted by atomic mass is 32.3. The van der Waals surface area contributed by atoms with E-state index in [1.54, 1.807) is 0 Å². The first kappa shape index (κ1) is 38.9. The third-order valence-corrected chi connectivity index (χ3v) is 8.82. The summed E-state index contributed by atoms with van der Waals surface area (Å²) in [5.41, 5.74) is 0. The van der Waals surface area contributed by atoms with Crippen LogP contribution < -0.4 is 0 Å². The van der Waals surface area contributed by atoms with Gasteiger partial charge in [0.15, 0.2) is 0 Å². The van der Waals surface area contributed by atoms with E-state index < -0.39 is 10.4 Å². The molecule has 1 unspecified atom stereocenters. The second kappa shape index (κ2) is 30.8. The van der Waals surface area contributed by atoms with Crippen molar-refractivity contribution >= 4 is 10.4 Å². The van der Waals surface area contributed by atoms with Crippen LogP contribution in [0.5, 0.6) is 0 Å². The predicted octanol–water partition coefficient (Wildman–Crippen LogP) is 12.2. The Morgan fingerprint density at radius 1 is 0.436 bits per heavy atom. The van der Waals surface area contributed by atoms with E-state index in [2.05, 4.69) is 13.8 Å². The lowest BCUT2D eigenvalue weighted by Gasteiger charge is -2.16. The van der Waals surface area contributed by atoms with Crippen molar-refractivity contribution in [3.05, 3.63) is 0 Å². The fraction of sp³-hybridized carbons (Fsp3) is 1.00. The normalized spacial score (nSPS) is 12.8. The highest BCUT2D eigenvalue weighted by molar-refractivity contribution is 7.80. The number of hydrogen-bond acceptors (Lipinski definition) is 3. The lowest BCUT2D eigenvalue weighted by molar-refractivity contribution is 0.204. The van der Waals surface area contributed by atoms with Gasteiger partial charge in [0.1, 0.15) is 0 Å². The van der Waals surface area contributed by atoms with Crippen LogP contribution in [0.1, 0.15) is 206 Å². The monoisotopic (exact) mass is 574 g/mol. The van der Waals surface area contributed by atoms with Crippen LogP contribution >= 0.6 is 0 Å². The fourth-order valence-corrected chi connectivity index (χ4v) is 6.11. The van der Waals surface area contributed by atoms with Gasteiger partial charge < -0.3 is 0 Å². The van der Waals surface area contributed by atoms with E-state index in [1.165, 1.54) is 167 Å². The first-order valence-electron chi connectivity index (χ1n) is 17.6. The minimum atomic E-state index is -4.33. The van der Waals surface area contributed by atoms with Gasteiger partial charge in [-0.15, -0.1) is 0 Å². The van der Waals surface area contributed by atoms with Crippen LogP contribution in [0.3, 0.4) is 0 Å². The van der Waals surface area contributed by atoms with Crippen molar-refractivity contribution in [1.82, 2.24) is 0 Å². The molecule has 0 bridgehead atoms. The molecule has 0 saturated carbocycles. The quantitative estimate of drug-likeness (QED) is 0.0625. The Morgan fingerprint density at radius 2 is 0.667 bits per heavy atom. The molecule has 0 aliphatic carbocycles. The maximum Gasteiger partial charge on any atom is 0.397 e. The molecule has 0 spiro atoms. The minimum Gasteiger partial charge on any atom is -0.264 e. The van der Waals surface area contributed by atoms with Crippen molar-refractivity contribution in [2.24, 2.45) is 5.92 Å². The smallest absolute Gasteiger partial charge is 0.264 e. The first-order chi connectivity index (χ1) is 19.0. The maximum absolute atomic E-state index is 11.0. The van der Waals surface area contributed by atoms with E-state index in [0.29, 0.717) is 0 Å². The van der Waals surface area contributed by atoms with Gasteiger partial charge in [-0.25, -0.2) is 4.18 Å². The van der Waals surface area contributed by atoms with Crippen molar-refractivity contribution in [2.45, 2.75) is 206 Å². The SMILES string of the molecule is CCCCCCCCCCCCCCCCCCCCCCC(CCCCCCCCCC)COS(=O)(=O)O. The summed E-state index contributed by atoms with van der Waals surface area (Å²) in [6.07, 6.45) is 39.9. The van der Waals surface area contributed by atoms with Crippen LogP contribution in [0, 0.1) is 5.92 Å². The lowest BCUT2D eigenvalue weighted by atomic mass is 9.94. The topological polar surface area (TPSA) is 63.6 Å². The summed E-state index contributed by atoms with van der Waals surface area (Å²) in [6.45, 7) is 4.67. The van der Waals surface area contributed by atoms with Crippen LogP contribution in [-0.4, -0.2) is 19.6 Å². The summed E-state index contributed by atoms with van der Waals surface area (Å²) < 4.78 is 35.8. The molecule has 0 amide bonds. The maximum atomic E-state index is 11.0. The lowest BCUT2D eigenvalue weighted by Crippen LogP contribution is -2.14. The van der Waals surface area contributed by atoms with Gasteiger partial charge in [0.2, 0.25) is 0 Å². The zero-order valence-corrected chi connectivity index (χ0v) is 27.4. The van der Waals surface area contributed by atoms with Crippen molar-refractivity contribution in [2.75, 3.05) is 6.61 Å². The molecule has 4 nitrogen and oxygen atoms in total. The van der Waals surface area contributed by atoms with Gasteiger partial charge in [-0.3, -0.25) is 4.55 Å². The second-order valence-corrected chi connectivity index (χ2v) is 13.4. The van der Waals surface area contributed by atoms with Crippen LogP contribution in [0.2, 0.25) is 0 Å². The van der Waals surface area contributed by atoms with Gasteiger partial charge >= 0.3 is 10.4 Å². The Bertz CT molecular complexity index is 564. The summed E-state index contributed by atoms with van der Waals surface area (Å²) in [6, 6.07) is 0. The van der Waals surface area contributed by atoms with Gasteiger partial charge in [-0.05, 0) is 18.8 Å². The van der Waals surface area contributed by atoms with E-state index in [1.807, 2.05) is 0 Å². The zero-order valence-electron chi connectivity index (χ0n) is 26.6. The van der Waals surface area contributed by atoms with E-state index in [9.17, 15) is 8.42 Å². The molecule has 5 heteroatoms. The van der Waals surface area contributed by atoms with E-state index in [-0.39, 0.29) is 12.5 Å². The molecule has 0 aromatic heterocycles. The average Bonchev–Trinajstić information content (AvgIpc) is 2.91.